The Morgan fingerprint density at radius 2 is 1.97 bits per heavy atom. The maximum Gasteiger partial charge on any atom is 0.151 e. The molecule has 0 N–H and O–H groups in total. The number of hydrogen-bond acceptors (Lipinski definition) is 9. The van der Waals surface area contributed by atoms with Gasteiger partial charge in [0, 0.05) is 36.1 Å². The van der Waals surface area contributed by atoms with Crippen LogP contribution in [0, 0.1) is 0 Å². The van der Waals surface area contributed by atoms with Crippen molar-refractivity contribution in [1.29, 1.82) is 0 Å². The summed E-state index contributed by atoms with van der Waals surface area (Å²) in [5.74, 6) is 2.15. The zero-order chi connectivity index (χ0) is 21.8. The van der Waals surface area contributed by atoms with Crippen LogP contribution in [0.4, 0.5) is 5.82 Å². The van der Waals surface area contributed by atoms with Crippen LogP contribution in [0.5, 0.6) is 5.75 Å². The Balaban J connectivity index is 1.13. The van der Waals surface area contributed by atoms with Crippen molar-refractivity contribution in [3.05, 3.63) is 70.6 Å². The smallest absolute Gasteiger partial charge is 0.151 e. The molecule has 0 amide bonds. The fourth-order valence-corrected chi connectivity index (χ4v) is 4.69. The van der Waals surface area contributed by atoms with Gasteiger partial charge >= 0.3 is 0 Å². The number of anilines is 1. The third kappa shape index (κ3) is 4.50. The molecule has 0 radical (unpaired) electrons. The molecule has 1 aromatic carbocycles. The number of tetrazole rings is 1. The number of hydrogen-bond donors (Lipinski definition) is 0. The highest BCUT2D eigenvalue weighted by atomic mass is 32.1. The Kier molecular flexibility index (Phi) is 5.84. The number of pyridine rings is 1. The molecule has 4 aromatic rings. The highest BCUT2D eigenvalue weighted by molar-refractivity contribution is 7.09. The van der Waals surface area contributed by atoms with Crippen molar-refractivity contribution in [2.75, 3.05) is 18.0 Å². The quantitative estimate of drug-likeness (QED) is 0.398. The van der Waals surface area contributed by atoms with E-state index in [-0.39, 0.29) is 0 Å². The minimum Gasteiger partial charge on any atom is -0.487 e. The molecule has 10 heteroatoms. The van der Waals surface area contributed by atoms with Crippen molar-refractivity contribution in [3.8, 4) is 11.4 Å². The van der Waals surface area contributed by atoms with Gasteiger partial charge in [0.15, 0.2) is 6.29 Å². The van der Waals surface area contributed by atoms with Crippen LogP contribution in [0.25, 0.3) is 5.69 Å². The Hall–Kier alpha value is -3.66. The molecule has 1 saturated heterocycles. The number of aromatic nitrogens is 6. The van der Waals surface area contributed by atoms with Crippen molar-refractivity contribution in [1.82, 2.24) is 30.2 Å². The van der Waals surface area contributed by atoms with E-state index in [0.29, 0.717) is 18.1 Å². The molecule has 0 saturated carbocycles. The lowest BCUT2D eigenvalue weighted by Crippen LogP contribution is -2.33. The number of rotatable bonds is 7. The SMILES string of the molecule is O=Cc1ccc(N2CCC(c3nc(COc4ccc(-n5cnnn5)cc4)cs3)CC2)nc1. The van der Waals surface area contributed by atoms with Crippen LogP contribution in [-0.4, -0.2) is 49.6 Å². The third-order valence-corrected chi connectivity index (χ3v) is 6.54. The number of piperidine rings is 1. The van der Waals surface area contributed by atoms with Crippen LogP contribution in [0.2, 0.25) is 0 Å². The number of ether oxygens (including phenoxy) is 1. The van der Waals surface area contributed by atoms with Gasteiger partial charge in [0.2, 0.25) is 0 Å². The van der Waals surface area contributed by atoms with E-state index in [2.05, 4.69) is 30.8 Å². The lowest BCUT2D eigenvalue weighted by Gasteiger charge is -2.32. The molecule has 32 heavy (non-hydrogen) atoms. The van der Waals surface area contributed by atoms with Gasteiger partial charge in [-0.25, -0.2) is 14.6 Å². The molecule has 0 spiro atoms. The van der Waals surface area contributed by atoms with Gasteiger partial charge < -0.3 is 9.64 Å². The van der Waals surface area contributed by atoms with Crippen molar-refractivity contribution >= 4 is 23.4 Å². The molecule has 0 aliphatic carbocycles. The zero-order valence-corrected chi connectivity index (χ0v) is 18.1. The van der Waals surface area contributed by atoms with Gasteiger partial charge in [-0.05, 0) is 59.7 Å². The highest BCUT2D eigenvalue weighted by Gasteiger charge is 2.23. The van der Waals surface area contributed by atoms with E-state index in [1.807, 2.05) is 36.4 Å². The number of thiazole rings is 1. The summed E-state index contributed by atoms with van der Waals surface area (Å²) in [6, 6.07) is 11.3. The summed E-state index contributed by atoms with van der Waals surface area (Å²) in [5, 5.41) is 14.4. The maximum absolute atomic E-state index is 10.8. The molecule has 0 atom stereocenters. The van der Waals surface area contributed by atoms with Gasteiger partial charge in [-0.15, -0.1) is 16.4 Å². The Labute approximate surface area is 188 Å². The molecule has 1 aliphatic heterocycles. The first-order valence-electron chi connectivity index (χ1n) is 10.4. The topological polar surface area (TPSA) is 98.9 Å². The van der Waals surface area contributed by atoms with E-state index in [1.54, 1.807) is 28.5 Å². The fourth-order valence-electron chi connectivity index (χ4n) is 3.72. The summed E-state index contributed by atoms with van der Waals surface area (Å²) >= 11 is 1.70. The summed E-state index contributed by atoms with van der Waals surface area (Å²) in [7, 11) is 0. The molecule has 4 heterocycles. The van der Waals surface area contributed by atoms with Crippen LogP contribution in [-0.2, 0) is 6.61 Å². The molecule has 5 rings (SSSR count). The van der Waals surface area contributed by atoms with Gasteiger partial charge in [0.1, 0.15) is 24.5 Å². The van der Waals surface area contributed by atoms with E-state index >= 15 is 0 Å². The number of carbonyl (C=O) groups excluding carboxylic acids is 1. The van der Waals surface area contributed by atoms with Crippen LogP contribution < -0.4 is 9.64 Å². The minimum absolute atomic E-state index is 0.437. The maximum atomic E-state index is 10.8. The van der Waals surface area contributed by atoms with E-state index in [4.69, 9.17) is 9.72 Å². The first-order chi connectivity index (χ1) is 15.8. The van der Waals surface area contributed by atoms with Crippen molar-refractivity contribution < 1.29 is 9.53 Å². The van der Waals surface area contributed by atoms with Crippen LogP contribution in [0.15, 0.2) is 54.3 Å². The predicted octanol–water partition coefficient (Wildman–Crippen LogP) is 3.29. The van der Waals surface area contributed by atoms with Crippen LogP contribution in [0.1, 0.15) is 39.8 Å². The second-order valence-corrected chi connectivity index (χ2v) is 8.43. The zero-order valence-electron chi connectivity index (χ0n) is 17.2. The normalized spacial score (nSPS) is 14.4. The van der Waals surface area contributed by atoms with Crippen molar-refractivity contribution in [3.63, 3.8) is 0 Å². The van der Waals surface area contributed by atoms with Crippen molar-refractivity contribution in [2.45, 2.75) is 25.4 Å². The number of nitrogens with zero attached hydrogens (tertiary/aromatic N) is 7. The van der Waals surface area contributed by atoms with E-state index in [9.17, 15) is 4.79 Å². The Morgan fingerprint density at radius 3 is 2.66 bits per heavy atom. The Morgan fingerprint density at radius 1 is 1.12 bits per heavy atom. The first kappa shape index (κ1) is 20.3. The molecular formula is C22H21N7O2S. The average Bonchev–Trinajstić information content (AvgIpc) is 3.56. The minimum atomic E-state index is 0.437. The number of benzene rings is 1. The highest BCUT2D eigenvalue weighted by Crippen LogP contribution is 2.32. The lowest BCUT2D eigenvalue weighted by atomic mass is 9.97. The van der Waals surface area contributed by atoms with Crippen LogP contribution in [0.3, 0.4) is 0 Å². The molecule has 1 aliphatic rings. The first-order valence-corrected chi connectivity index (χ1v) is 11.2. The lowest BCUT2D eigenvalue weighted by molar-refractivity contribution is 0.112. The largest absolute Gasteiger partial charge is 0.487 e. The molecule has 3 aromatic heterocycles. The van der Waals surface area contributed by atoms with E-state index in [0.717, 1.165) is 55.2 Å². The Bertz CT molecular complexity index is 1150. The molecule has 162 valence electrons. The van der Waals surface area contributed by atoms with Gasteiger partial charge in [0.05, 0.1) is 16.4 Å². The summed E-state index contributed by atoms with van der Waals surface area (Å²) in [4.78, 5) is 22.3. The fraction of sp³-hybridized carbons (Fsp3) is 0.273. The van der Waals surface area contributed by atoms with Gasteiger partial charge in [-0.1, -0.05) is 0 Å². The second kappa shape index (κ2) is 9.23. The van der Waals surface area contributed by atoms with Gasteiger partial charge in [0.25, 0.3) is 0 Å². The predicted molar refractivity (Wildman–Crippen MR) is 119 cm³/mol. The van der Waals surface area contributed by atoms with Gasteiger partial charge in [-0.3, -0.25) is 4.79 Å². The third-order valence-electron chi connectivity index (χ3n) is 5.48. The summed E-state index contributed by atoms with van der Waals surface area (Å²) in [6.45, 7) is 2.29. The van der Waals surface area contributed by atoms with Gasteiger partial charge in [-0.2, -0.15) is 0 Å². The molecular weight excluding hydrogens is 426 g/mol. The monoisotopic (exact) mass is 447 g/mol. The van der Waals surface area contributed by atoms with Crippen LogP contribution >= 0.6 is 11.3 Å². The van der Waals surface area contributed by atoms with Crippen molar-refractivity contribution in [2.24, 2.45) is 0 Å². The molecule has 1 fully saturated rings. The molecule has 0 unspecified atom stereocenters. The summed E-state index contributed by atoms with van der Waals surface area (Å²) in [5.41, 5.74) is 2.42. The summed E-state index contributed by atoms with van der Waals surface area (Å²) in [6.07, 6.45) is 6.06. The summed E-state index contributed by atoms with van der Waals surface area (Å²) < 4.78 is 7.50. The van der Waals surface area contributed by atoms with E-state index in [1.165, 1.54) is 5.01 Å². The average molecular weight is 448 g/mol. The second-order valence-electron chi connectivity index (χ2n) is 7.54. The number of aldehydes is 1. The molecule has 9 nitrogen and oxygen atoms in total. The standard InChI is InChI=1S/C22H21N7O2S/c30-12-16-1-6-21(23-11-16)28-9-7-17(8-10-28)22-25-18(14-32-22)13-31-20-4-2-19(3-5-20)29-15-24-26-27-29/h1-6,11-12,14-15,17H,7-10,13H2. The van der Waals surface area contributed by atoms with E-state index < -0.39 is 0 Å². The molecule has 0 bridgehead atoms. The number of carbonyl (C=O) groups is 1.